The molecular weight excluding hydrogens is 222 g/mol. The molecule has 0 bridgehead atoms. The van der Waals surface area contributed by atoms with Crippen molar-refractivity contribution in [1.82, 2.24) is 15.0 Å². The molecule has 2 unspecified atom stereocenters. The number of hydrogen-bond acceptors (Lipinski definition) is 2. The second-order valence-electron chi connectivity index (χ2n) is 5.27. The first-order chi connectivity index (χ1) is 7.63. The molecule has 0 aliphatic heterocycles. The molecule has 0 amide bonds. The number of halogens is 1. The van der Waals surface area contributed by atoms with Crippen LogP contribution in [0.3, 0.4) is 0 Å². The van der Waals surface area contributed by atoms with E-state index in [-0.39, 0.29) is 0 Å². The van der Waals surface area contributed by atoms with Crippen LogP contribution >= 0.6 is 11.6 Å². The van der Waals surface area contributed by atoms with E-state index in [1.165, 1.54) is 18.5 Å². The van der Waals surface area contributed by atoms with Crippen LogP contribution in [-0.4, -0.2) is 15.0 Å². The Morgan fingerprint density at radius 2 is 2.19 bits per heavy atom. The van der Waals surface area contributed by atoms with Gasteiger partial charge < -0.3 is 0 Å². The Balaban J connectivity index is 2.14. The molecule has 0 aromatic carbocycles. The van der Waals surface area contributed by atoms with Gasteiger partial charge in [-0.2, -0.15) is 0 Å². The van der Waals surface area contributed by atoms with E-state index in [0.717, 1.165) is 18.0 Å². The number of aromatic nitrogens is 3. The van der Waals surface area contributed by atoms with E-state index in [9.17, 15) is 0 Å². The molecule has 0 saturated heterocycles. The molecule has 1 aliphatic carbocycles. The van der Waals surface area contributed by atoms with E-state index < -0.39 is 0 Å². The Kier molecular flexibility index (Phi) is 3.53. The minimum Gasteiger partial charge on any atom is -0.246 e. The summed E-state index contributed by atoms with van der Waals surface area (Å²) in [7, 11) is 0. The van der Waals surface area contributed by atoms with Crippen molar-refractivity contribution in [3.05, 3.63) is 11.4 Å². The van der Waals surface area contributed by atoms with Crippen LogP contribution in [0.5, 0.6) is 0 Å². The van der Waals surface area contributed by atoms with Crippen molar-refractivity contribution in [1.29, 1.82) is 0 Å². The standard InChI is InChI=1S/C12H20ClN3/c1-8(2)4-5-11-10(7-13)14-15-16(11)12-6-9(12)3/h8-9,12H,4-7H2,1-3H3. The predicted octanol–water partition coefficient (Wildman–Crippen LogP) is 3.19. The molecule has 0 spiro atoms. The van der Waals surface area contributed by atoms with Gasteiger partial charge in [0.15, 0.2) is 0 Å². The van der Waals surface area contributed by atoms with Crippen molar-refractivity contribution < 1.29 is 0 Å². The van der Waals surface area contributed by atoms with Crippen LogP contribution in [-0.2, 0) is 12.3 Å². The third kappa shape index (κ3) is 2.40. The average molecular weight is 242 g/mol. The average Bonchev–Trinajstić information content (AvgIpc) is 2.81. The lowest BCUT2D eigenvalue weighted by Gasteiger charge is -2.08. The van der Waals surface area contributed by atoms with Gasteiger partial charge in [0.25, 0.3) is 0 Å². The highest BCUT2D eigenvalue weighted by atomic mass is 35.5. The second kappa shape index (κ2) is 4.74. The Bertz CT molecular complexity index is 359. The maximum atomic E-state index is 5.91. The summed E-state index contributed by atoms with van der Waals surface area (Å²) in [5, 5.41) is 8.45. The highest BCUT2D eigenvalue weighted by Crippen LogP contribution is 2.43. The molecule has 2 atom stereocenters. The van der Waals surface area contributed by atoms with Crippen molar-refractivity contribution in [3.63, 3.8) is 0 Å². The van der Waals surface area contributed by atoms with Gasteiger partial charge in [-0.15, -0.1) is 16.7 Å². The van der Waals surface area contributed by atoms with Gasteiger partial charge in [0.05, 0.1) is 17.6 Å². The lowest BCUT2D eigenvalue weighted by Crippen LogP contribution is -2.06. The second-order valence-corrected chi connectivity index (χ2v) is 5.54. The molecule has 1 saturated carbocycles. The van der Waals surface area contributed by atoms with Gasteiger partial charge in [0, 0.05) is 0 Å². The van der Waals surface area contributed by atoms with E-state index in [2.05, 4.69) is 35.8 Å². The molecule has 1 fully saturated rings. The number of alkyl halides is 1. The van der Waals surface area contributed by atoms with Crippen molar-refractivity contribution in [2.24, 2.45) is 11.8 Å². The minimum atomic E-state index is 0.481. The van der Waals surface area contributed by atoms with E-state index in [4.69, 9.17) is 11.6 Å². The van der Waals surface area contributed by atoms with Crippen LogP contribution in [0.15, 0.2) is 0 Å². The highest BCUT2D eigenvalue weighted by Gasteiger charge is 2.37. The van der Waals surface area contributed by atoms with Crippen LogP contribution in [0, 0.1) is 11.8 Å². The Morgan fingerprint density at radius 3 is 2.69 bits per heavy atom. The fourth-order valence-corrected chi connectivity index (χ4v) is 2.25. The third-order valence-corrected chi connectivity index (χ3v) is 3.59. The van der Waals surface area contributed by atoms with Crippen molar-refractivity contribution >= 4 is 11.6 Å². The highest BCUT2D eigenvalue weighted by molar-refractivity contribution is 6.16. The third-order valence-electron chi connectivity index (χ3n) is 3.34. The number of hydrogen-bond donors (Lipinski definition) is 0. The zero-order chi connectivity index (χ0) is 11.7. The van der Waals surface area contributed by atoms with E-state index in [1.54, 1.807) is 0 Å². The lowest BCUT2D eigenvalue weighted by molar-refractivity contribution is 0.522. The maximum Gasteiger partial charge on any atom is 0.101 e. The molecule has 0 radical (unpaired) electrons. The Morgan fingerprint density at radius 1 is 1.50 bits per heavy atom. The van der Waals surface area contributed by atoms with E-state index in [1.807, 2.05) is 0 Å². The molecule has 2 rings (SSSR count). The zero-order valence-corrected chi connectivity index (χ0v) is 11.0. The summed E-state index contributed by atoms with van der Waals surface area (Å²) >= 11 is 5.91. The summed E-state index contributed by atoms with van der Waals surface area (Å²) in [6, 6.07) is 0.576. The SMILES string of the molecule is CC(C)CCc1c(CCl)nnn1C1CC1C. The molecule has 1 aromatic rings. The Hall–Kier alpha value is -0.570. The fraction of sp³-hybridized carbons (Fsp3) is 0.833. The minimum absolute atomic E-state index is 0.481. The predicted molar refractivity (Wildman–Crippen MR) is 65.6 cm³/mol. The molecule has 0 N–H and O–H groups in total. The van der Waals surface area contributed by atoms with Crippen molar-refractivity contribution in [2.75, 3.05) is 0 Å². The monoisotopic (exact) mass is 241 g/mol. The zero-order valence-electron chi connectivity index (χ0n) is 10.3. The normalized spacial score (nSPS) is 24.1. The summed E-state index contributed by atoms with van der Waals surface area (Å²) < 4.78 is 2.12. The summed E-state index contributed by atoms with van der Waals surface area (Å²) in [5.74, 6) is 1.94. The number of rotatable bonds is 5. The maximum absolute atomic E-state index is 5.91. The largest absolute Gasteiger partial charge is 0.246 e. The first kappa shape index (κ1) is 11.9. The molecule has 3 nitrogen and oxygen atoms in total. The van der Waals surface area contributed by atoms with Crippen LogP contribution in [0.1, 0.15) is 51.0 Å². The molecule has 90 valence electrons. The molecule has 16 heavy (non-hydrogen) atoms. The van der Waals surface area contributed by atoms with E-state index >= 15 is 0 Å². The lowest BCUT2D eigenvalue weighted by atomic mass is 10.1. The quantitative estimate of drug-likeness (QED) is 0.742. The summed E-state index contributed by atoms with van der Waals surface area (Å²) in [6.45, 7) is 6.75. The van der Waals surface area contributed by atoms with Crippen molar-refractivity contribution in [2.45, 2.75) is 52.0 Å². The number of nitrogens with zero attached hydrogens (tertiary/aromatic N) is 3. The van der Waals surface area contributed by atoms with Crippen LogP contribution in [0.25, 0.3) is 0 Å². The van der Waals surface area contributed by atoms with Gasteiger partial charge in [-0.1, -0.05) is 26.0 Å². The van der Waals surface area contributed by atoms with Crippen LogP contribution in [0.4, 0.5) is 0 Å². The van der Waals surface area contributed by atoms with Gasteiger partial charge in [0.2, 0.25) is 0 Å². The Labute approximate surface area is 102 Å². The molecule has 4 heteroatoms. The van der Waals surface area contributed by atoms with Gasteiger partial charge in [-0.3, -0.25) is 0 Å². The molecule has 1 aliphatic rings. The van der Waals surface area contributed by atoms with E-state index in [0.29, 0.717) is 17.8 Å². The molecule has 1 aromatic heterocycles. The first-order valence-corrected chi connectivity index (χ1v) is 6.65. The summed E-state index contributed by atoms with van der Waals surface area (Å²) in [6.07, 6.45) is 3.47. The smallest absolute Gasteiger partial charge is 0.101 e. The fourth-order valence-electron chi connectivity index (χ4n) is 2.04. The summed E-state index contributed by atoms with van der Waals surface area (Å²) in [5.41, 5.74) is 2.24. The van der Waals surface area contributed by atoms with Crippen molar-refractivity contribution in [3.8, 4) is 0 Å². The van der Waals surface area contributed by atoms with Crippen LogP contribution in [0.2, 0.25) is 0 Å². The molecule has 1 heterocycles. The van der Waals surface area contributed by atoms with Crippen LogP contribution < -0.4 is 0 Å². The molecular formula is C12H20ClN3. The van der Waals surface area contributed by atoms with Gasteiger partial charge in [-0.25, -0.2) is 4.68 Å². The van der Waals surface area contributed by atoms with Gasteiger partial charge in [0.1, 0.15) is 5.69 Å². The van der Waals surface area contributed by atoms with Gasteiger partial charge >= 0.3 is 0 Å². The first-order valence-electron chi connectivity index (χ1n) is 6.12. The topological polar surface area (TPSA) is 30.7 Å². The summed E-state index contributed by atoms with van der Waals surface area (Å²) in [4.78, 5) is 0. The van der Waals surface area contributed by atoms with Gasteiger partial charge in [-0.05, 0) is 31.1 Å².